The zero-order chi connectivity index (χ0) is 27.6. The van der Waals surface area contributed by atoms with Gasteiger partial charge in [0.15, 0.2) is 0 Å². The van der Waals surface area contributed by atoms with Gasteiger partial charge in [-0.1, -0.05) is 6.07 Å². The number of likely N-dealkylation sites (tertiary alicyclic amines) is 1. The Morgan fingerprint density at radius 2 is 1.68 bits per heavy atom. The first-order valence-corrected chi connectivity index (χ1v) is 10.7. The summed E-state index contributed by atoms with van der Waals surface area (Å²) in [7, 11) is 0. The number of alkyl halides is 6. The molecule has 4 heterocycles. The van der Waals surface area contributed by atoms with Crippen molar-refractivity contribution >= 4 is 11.9 Å². The van der Waals surface area contributed by atoms with E-state index in [9.17, 15) is 26.3 Å². The number of halogens is 6. The van der Waals surface area contributed by atoms with Gasteiger partial charge in [0, 0.05) is 38.1 Å². The number of carbonyl (C=O) groups is 2. The summed E-state index contributed by atoms with van der Waals surface area (Å²) in [6, 6.07) is 10.3. The summed E-state index contributed by atoms with van der Waals surface area (Å²) < 4.78 is 75.7. The van der Waals surface area contributed by atoms with Gasteiger partial charge in [0.1, 0.15) is 18.0 Å². The first-order valence-electron chi connectivity index (χ1n) is 10.7. The summed E-state index contributed by atoms with van der Waals surface area (Å²) in [6.45, 7) is 2.53. The summed E-state index contributed by atoms with van der Waals surface area (Å²) >= 11 is 0. The summed E-state index contributed by atoms with van der Waals surface area (Å²) in [6.07, 6.45) is -2.34. The highest BCUT2D eigenvalue weighted by molar-refractivity contribution is 5.73. The van der Waals surface area contributed by atoms with Crippen LogP contribution in [-0.4, -0.2) is 80.8 Å². The molecule has 0 radical (unpaired) electrons. The van der Waals surface area contributed by atoms with E-state index in [4.69, 9.17) is 29.3 Å². The topological polar surface area (TPSA) is 122 Å². The maximum Gasteiger partial charge on any atom is 0.490 e. The van der Waals surface area contributed by atoms with Gasteiger partial charge in [-0.05, 0) is 37.1 Å². The van der Waals surface area contributed by atoms with E-state index < -0.39 is 24.3 Å². The van der Waals surface area contributed by atoms with Crippen LogP contribution in [-0.2, 0) is 20.9 Å². The van der Waals surface area contributed by atoms with E-state index in [0.717, 1.165) is 44.0 Å². The molecule has 0 unspecified atom stereocenters. The van der Waals surface area contributed by atoms with Crippen molar-refractivity contribution in [3.63, 3.8) is 0 Å². The molecule has 0 amide bonds. The lowest BCUT2D eigenvalue weighted by Crippen LogP contribution is -2.42. The molecule has 2 N–H and O–H groups in total. The third-order valence-electron chi connectivity index (χ3n) is 5.08. The van der Waals surface area contributed by atoms with Gasteiger partial charge in [-0.3, -0.25) is 14.9 Å². The molecule has 37 heavy (non-hydrogen) atoms. The molecule has 204 valence electrons. The van der Waals surface area contributed by atoms with Crippen molar-refractivity contribution < 1.29 is 55.6 Å². The Balaban J connectivity index is 0.000000286. The number of pyridine rings is 2. The molecule has 2 saturated heterocycles. The minimum atomic E-state index is -5.08. The normalized spacial score (nSPS) is 21.4. The number of hydrogen-bond donors (Lipinski definition) is 2. The third-order valence-corrected chi connectivity index (χ3v) is 5.08. The molecule has 9 nitrogen and oxygen atoms in total. The average molecular weight is 539 g/mol. The van der Waals surface area contributed by atoms with Crippen LogP contribution < -0.4 is 4.74 Å². The maximum atomic E-state index is 10.6. The van der Waals surface area contributed by atoms with Crippen molar-refractivity contribution in [3.8, 4) is 5.75 Å². The number of rotatable bonds is 4. The lowest BCUT2D eigenvalue weighted by atomic mass is 10.0. The van der Waals surface area contributed by atoms with Crippen molar-refractivity contribution in [2.24, 2.45) is 0 Å². The van der Waals surface area contributed by atoms with E-state index in [-0.39, 0.29) is 12.2 Å². The monoisotopic (exact) mass is 539 g/mol. The molecule has 2 fully saturated rings. The van der Waals surface area contributed by atoms with Crippen molar-refractivity contribution in [1.82, 2.24) is 14.9 Å². The highest BCUT2D eigenvalue weighted by Gasteiger charge is 2.45. The first kappa shape index (κ1) is 29.8. The number of ether oxygens (including phenoxy) is 2. The Kier molecular flexibility index (Phi) is 10.6. The Morgan fingerprint density at radius 1 is 1.03 bits per heavy atom. The lowest BCUT2D eigenvalue weighted by Gasteiger charge is -2.32. The summed E-state index contributed by atoms with van der Waals surface area (Å²) in [4.78, 5) is 28.8. The third kappa shape index (κ3) is 9.84. The highest BCUT2D eigenvalue weighted by atomic mass is 19.4. The fourth-order valence-electron chi connectivity index (χ4n) is 3.58. The van der Waals surface area contributed by atoms with Gasteiger partial charge in [0.05, 0.1) is 11.9 Å². The van der Waals surface area contributed by atoms with Crippen LogP contribution in [0.15, 0.2) is 48.9 Å². The van der Waals surface area contributed by atoms with Gasteiger partial charge >= 0.3 is 24.3 Å². The fourth-order valence-corrected chi connectivity index (χ4v) is 3.58. The molecule has 2 aliphatic heterocycles. The van der Waals surface area contributed by atoms with Crippen molar-refractivity contribution in [2.75, 3.05) is 13.2 Å². The number of fused-ring (bicyclic) bond motifs is 1. The van der Waals surface area contributed by atoms with Crippen molar-refractivity contribution in [1.29, 1.82) is 0 Å². The van der Waals surface area contributed by atoms with Gasteiger partial charge in [0.25, 0.3) is 0 Å². The van der Waals surface area contributed by atoms with E-state index in [0.29, 0.717) is 6.04 Å². The number of aromatic nitrogens is 2. The fraction of sp³-hybridized carbons (Fsp3) is 0.455. The zero-order valence-corrected chi connectivity index (χ0v) is 19.0. The molecule has 2 aromatic heterocycles. The minimum Gasteiger partial charge on any atom is -0.485 e. The highest BCUT2D eigenvalue weighted by Crippen LogP contribution is 2.32. The van der Waals surface area contributed by atoms with Gasteiger partial charge < -0.3 is 19.7 Å². The van der Waals surface area contributed by atoms with Crippen LogP contribution in [0.2, 0.25) is 0 Å². The predicted molar refractivity (Wildman–Crippen MR) is 113 cm³/mol. The molecular formula is C22H23F6N3O6. The van der Waals surface area contributed by atoms with Gasteiger partial charge in [-0.15, -0.1) is 0 Å². The number of aliphatic carboxylic acids is 2. The van der Waals surface area contributed by atoms with E-state index in [1.807, 2.05) is 30.5 Å². The average Bonchev–Trinajstić information content (AvgIpc) is 3.17. The van der Waals surface area contributed by atoms with Crippen LogP contribution in [0.3, 0.4) is 0 Å². The quantitative estimate of drug-likeness (QED) is 0.562. The first-order chi connectivity index (χ1) is 17.3. The smallest absolute Gasteiger partial charge is 0.485 e. The van der Waals surface area contributed by atoms with Crippen molar-refractivity contribution in [2.45, 2.75) is 50.0 Å². The van der Waals surface area contributed by atoms with Gasteiger partial charge in [0.2, 0.25) is 0 Å². The summed E-state index contributed by atoms with van der Waals surface area (Å²) in [5.41, 5.74) is 1.10. The second-order valence-corrected chi connectivity index (χ2v) is 7.75. The van der Waals surface area contributed by atoms with Gasteiger partial charge in [-0.2, -0.15) is 26.3 Å². The molecule has 0 aliphatic carbocycles. The van der Waals surface area contributed by atoms with E-state index in [1.54, 1.807) is 12.4 Å². The molecule has 4 rings (SSSR count). The Labute approximate surface area is 206 Å². The van der Waals surface area contributed by atoms with Crippen LogP contribution >= 0.6 is 0 Å². The second kappa shape index (κ2) is 13.2. The summed E-state index contributed by atoms with van der Waals surface area (Å²) in [5.74, 6) is -4.70. The number of carboxylic acid groups (broad SMARTS) is 2. The predicted octanol–water partition coefficient (Wildman–Crippen LogP) is 3.55. The molecule has 3 atom stereocenters. The van der Waals surface area contributed by atoms with E-state index in [2.05, 4.69) is 20.9 Å². The Hall–Kier alpha value is -3.46. The number of hydrogen-bond acceptors (Lipinski definition) is 7. The molecular weight excluding hydrogens is 516 g/mol. The van der Waals surface area contributed by atoms with Gasteiger partial charge in [-0.25, -0.2) is 9.59 Å². The maximum absolute atomic E-state index is 10.6. The van der Waals surface area contributed by atoms with E-state index in [1.165, 1.54) is 0 Å². The second-order valence-electron chi connectivity index (χ2n) is 7.75. The number of carboxylic acids is 2. The molecule has 0 saturated carbocycles. The minimum absolute atomic E-state index is 0.0493. The largest absolute Gasteiger partial charge is 0.490 e. The van der Waals surface area contributed by atoms with Crippen LogP contribution in [0.25, 0.3) is 0 Å². The Morgan fingerprint density at radius 3 is 2.19 bits per heavy atom. The Bertz CT molecular complexity index is 914. The molecule has 15 heteroatoms. The van der Waals surface area contributed by atoms with E-state index >= 15 is 0 Å². The lowest BCUT2D eigenvalue weighted by molar-refractivity contribution is -0.193. The van der Waals surface area contributed by atoms with Crippen LogP contribution in [0, 0.1) is 0 Å². The standard InChI is InChI=1S/C18H21N3O2.2C2HF3O2/c1-2-9-20-14(5-1)12-21-13-17(18-16(21)7-4-10-22-18)23-15-6-3-8-19-11-15;2*3-2(4,5)1(6)7/h1-3,5-6,8-9,11,16-18H,4,7,10,12-13H2;2*(H,6,7)/t16-,17-,18-;;/m0../s1. The summed E-state index contributed by atoms with van der Waals surface area (Å²) in [5, 5.41) is 14.2. The molecule has 0 aromatic carbocycles. The van der Waals surface area contributed by atoms with Crippen LogP contribution in [0.1, 0.15) is 18.5 Å². The number of nitrogens with zero attached hydrogens (tertiary/aromatic N) is 3. The SMILES string of the molecule is O=C(O)C(F)(F)F.O=C(O)C(F)(F)F.c1ccc(CN2C[C@H](Oc3cccnc3)[C@H]3OCCC[C@@H]32)nc1. The molecule has 0 spiro atoms. The zero-order valence-electron chi connectivity index (χ0n) is 19.0. The van der Waals surface area contributed by atoms with Crippen LogP contribution in [0.4, 0.5) is 26.3 Å². The van der Waals surface area contributed by atoms with Crippen molar-refractivity contribution in [3.05, 3.63) is 54.6 Å². The molecule has 2 aromatic rings. The molecule has 0 bridgehead atoms. The molecule has 2 aliphatic rings. The van der Waals surface area contributed by atoms with Crippen LogP contribution in [0.5, 0.6) is 5.75 Å².